The zero-order valence-electron chi connectivity index (χ0n) is 12.1. The van der Waals surface area contributed by atoms with E-state index in [4.69, 9.17) is 5.11 Å². The standard InChI is InChI=1S/C14H14F3N3O2S/c1-20-8-11(19-12(20)13(21)22)18-6-7-23-10-4-2-9(3-5-10)14(15,16)17/h2-5,8,18H,6-7H2,1H3,(H,21,22). The second-order valence-corrected chi connectivity index (χ2v) is 5.83. The van der Waals surface area contributed by atoms with Crippen molar-refractivity contribution >= 4 is 23.5 Å². The van der Waals surface area contributed by atoms with Crippen LogP contribution in [-0.4, -0.2) is 32.9 Å². The van der Waals surface area contributed by atoms with Gasteiger partial charge in [0.1, 0.15) is 5.82 Å². The number of aromatic nitrogens is 2. The van der Waals surface area contributed by atoms with Crippen LogP contribution in [0.15, 0.2) is 35.4 Å². The number of carboxylic acid groups (broad SMARTS) is 1. The number of aromatic carboxylic acids is 1. The molecule has 9 heteroatoms. The molecule has 0 fully saturated rings. The van der Waals surface area contributed by atoms with Gasteiger partial charge in [-0.3, -0.25) is 0 Å². The fourth-order valence-corrected chi connectivity index (χ4v) is 2.61. The minimum Gasteiger partial charge on any atom is -0.475 e. The molecule has 1 aromatic carbocycles. The van der Waals surface area contributed by atoms with Gasteiger partial charge in [0.25, 0.3) is 0 Å². The Morgan fingerprint density at radius 2 is 2.00 bits per heavy atom. The van der Waals surface area contributed by atoms with Crippen LogP contribution in [-0.2, 0) is 13.2 Å². The highest BCUT2D eigenvalue weighted by molar-refractivity contribution is 7.99. The third-order valence-electron chi connectivity index (χ3n) is 2.93. The summed E-state index contributed by atoms with van der Waals surface area (Å²) in [7, 11) is 1.58. The summed E-state index contributed by atoms with van der Waals surface area (Å²) >= 11 is 1.40. The van der Waals surface area contributed by atoms with E-state index in [1.807, 2.05) is 0 Å². The van der Waals surface area contributed by atoms with Gasteiger partial charge in [-0.25, -0.2) is 9.78 Å². The van der Waals surface area contributed by atoms with E-state index in [9.17, 15) is 18.0 Å². The van der Waals surface area contributed by atoms with Gasteiger partial charge in [-0.2, -0.15) is 13.2 Å². The molecule has 0 unspecified atom stereocenters. The van der Waals surface area contributed by atoms with Crippen molar-refractivity contribution in [2.45, 2.75) is 11.1 Å². The number of nitrogens with zero attached hydrogens (tertiary/aromatic N) is 2. The summed E-state index contributed by atoms with van der Waals surface area (Å²) in [5.74, 6) is -0.134. The van der Waals surface area contributed by atoms with Crippen LogP contribution in [0, 0.1) is 0 Å². The Kier molecular flexibility index (Phi) is 5.19. The van der Waals surface area contributed by atoms with E-state index in [2.05, 4.69) is 10.3 Å². The van der Waals surface area contributed by atoms with Crippen molar-refractivity contribution in [2.75, 3.05) is 17.6 Å². The zero-order valence-corrected chi connectivity index (χ0v) is 12.9. The van der Waals surface area contributed by atoms with Gasteiger partial charge in [0.15, 0.2) is 0 Å². The van der Waals surface area contributed by atoms with E-state index in [0.717, 1.165) is 17.0 Å². The molecule has 0 saturated heterocycles. The zero-order chi connectivity index (χ0) is 17.0. The van der Waals surface area contributed by atoms with Crippen molar-refractivity contribution in [1.82, 2.24) is 9.55 Å². The third-order valence-corrected chi connectivity index (χ3v) is 3.94. The Balaban J connectivity index is 1.81. The van der Waals surface area contributed by atoms with Crippen LogP contribution < -0.4 is 5.32 Å². The molecule has 1 aromatic heterocycles. The smallest absolute Gasteiger partial charge is 0.416 e. The first kappa shape index (κ1) is 17.2. The van der Waals surface area contributed by atoms with Gasteiger partial charge in [0.05, 0.1) is 5.56 Å². The highest BCUT2D eigenvalue weighted by Gasteiger charge is 2.29. The molecule has 5 nitrogen and oxygen atoms in total. The maximum atomic E-state index is 12.4. The van der Waals surface area contributed by atoms with Gasteiger partial charge in [0, 0.05) is 30.4 Å². The molecule has 0 spiro atoms. The first-order chi connectivity index (χ1) is 10.8. The van der Waals surface area contributed by atoms with E-state index < -0.39 is 17.7 Å². The third kappa shape index (κ3) is 4.65. The van der Waals surface area contributed by atoms with E-state index >= 15 is 0 Å². The number of carbonyl (C=O) groups is 1. The van der Waals surface area contributed by atoms with Crippen LogP contribution in [0.3, 0.4) is 0 Å². The summed E-state index contributed by atoms with van der Waals surface area (Å²) in [5.41, 5.74) is -0.672. The Morgan fingerprint density at radius 3 is 2.52 bits per heavy atom. The highest BCUT2D eigenvalue weighted by atomic mass is 32.2. The predicted molar refractivity (Wildman–Crippen MR) is 80.8 cm³/mol. The number of thioether (sulfide) groups is 1. The second kappa shape index (κ2) is 6.95. The first-order valence-corrected chi connectivity index (χ1v) is 7.56. The lowest BCUT2D eigenvalue weighted by Crippen LogP contribution is -2.06. The number of aryl methyl sites for hydroxylation is 1. The average molecular weight is 345 g/mol. The monoisotopic (exact) mass is 345 g/mol. The topological polar surface area (TPSA) is 67.2 Å². The van der Waals surface area contributed by atoms with E-state index in [1.165, 1.54) is 28.5 Å². The van der Waals surface area contributed by atoms with Gasteiger partial charge in [-0.15, -0.1) is 11.8 Å². The summed E-state index contributed by atoms with van der Waals surface area (Å²) in [4.78, 5) is 15.5. The van der Waals surface area contributed by atoms with Gasteiger partial charge >= 0.3 is 12.1 Å². The summed E-state index contributed by atoms with van der Waals surface area (Å²) in [5, 5.41) is 11.9. The van der Waals surface area contributed by atoms with Crippen molar-refractivity contribution in [3.8, 4) is 0 Å². The number of hydrogen-bond donors (Lipinski definition) is 2. The fourth-order valence-electron chi connectivity index (χ4n) is 1.84. The molecule has 0 aliphatic rings. The summed E-state index contributed by atoms with van der Waals surface area (Å²) in [6.07, 6.45) is -2.77. The molecule has 0 bridgehead atoms. The minimum absolute atomic E-state index is 0.0668. The number of rotatable bonds is 6. The predicted octanol–water partition coefficient (Wildman–Crippen LogP) is 3.34. The Morgan fingerprint density at radius 1 is 1.35 bits per heavy atom. The number of alkyl halides is 3. The Labute approximate surface area is 134 Å². The van der Waals surface area contributed by atoms with Crippen LogP contribution in [0.1, 0.15) is 16.2 Å². The number of imidazole rings is 1. The van der Waals surface area contributed by atoms with Crippen LogP contribution in [0.4, 0.5) is 19.0 Å². The highest BCUT2D eigenvalue weighted by Crippen LogP contribution is 2.30. The van der Waals surface area contributed by atoms with Crippen molar-refractivity contribution in [2.24, 2.45) is 7.05 Å². The van der Waals surface area contributed by atoms with Crippen LogP contribution in [0.25, 0.3) is 0 Å². The number of carboxylic acids is 1. The summed E-state index contributed by atoms with van der Waals surface area (Å²) in [6, 6.07) is 4.95. The molecule has 23 heavy (non-hydrogen) atoms. The van der Waals surface area contributed by atoms with Crippen molar-refractivity contribution in [3.05, 3.63) is 41.9 Å². The Hall–Kier alpha value is -2.16. The van der Waals surface area contributed by atoms with E-state index in [-0.39, 0.29) is 5.82 Å². The van der Waals surface area contributed by atoms with Crippen LogP contribution in [0.2, 0.25) is 0 Å². The molecule has 0 radical (unpaired) electrons. The van der Waals surface area contributed by atoms with Gasteiger partial charge in [-0.05, 0) is 24.3 Å². The molecule has 2 rings (SSSR count). The maximum absolute atomic E-state index is 12.4. The molecule has 0 amide bonds. The maximum Gasteiger partial charge on any atom is 0.416 e. The number of anilines is 1. The second-order valence-electron chi connectivity index (χ2n) is 4.66. The van der Waals surface area contributed by atoms with Crippen LogP contribution in [0.5, 0.6) is 0 Å². The van der Waals surface area contributed by atoms with Crippen molar-refractivity contribution < 1.29 is 23.1 Å². The van der Waals surface area contributed by atoms with Gasteiger partial charge < -0.3 is 15.0 Å². The van der Waals surface area contributed by atoms with Gasteiger partial charge in [-0.1, -0.05) is 0 Å². The number of nitrogens with one attached hydrogen (secondary N) is 1. The SMILES string of the molecule is Cn1cc(NCCSc2ccc(C(F)(F)F)cc2)nc1C(=O)O. The Bertz CT molecular complexity index is 684. The van der Waals surface area contributed by atoms with Crippen molar-refractivity contribution in [1.29, 1.82) is 0 Å². The first-order valence-electron chi connectivity index (χ1n) is 6.58. The molecule has 0 saturated carbocycles. The molecule has 1 heterocycles. The molecule has 124 valence electrons. The number of hydrogen-bond acceptors (Lipinski definition) is 4. The van der Waals surface area contributed by atoms with Crippen LogP contribution >= 0.6 is 11.8 Å². The number of halogens is 3. The quantitative estimate of drug-likeness (QED) is 0.621. The lowest BCUT2D eigenvalue weighted by molar-refractivity contribution is -0.137. The molecular formula is C14H14F3N3O2S. The number of benzene rings is 1. The van der Waals surface area contributed by atoms with E-state index in [1.54, 1.807) is 13.2 Å². The summed E-state index contributed by atoms with van der Waals surface area (Å²) < 4.78 is 38.7. The molecular weight excluding hydrogens is 331 g/mol. The molecule has 2 aromatic rings. The molecule has 0 aliphatic heterocycles. The van der Waals surface area contributed by atoms with E-state index in [0.29, 0.717) is 18.1 Å². The van der Waals surface area contributed by atoms with Crippen molar-refractivity contribution in [3.63, 3.8) is 0 Å². The summed E-state index contributed by atoms with van der Waals surface area (Å²) in [6.45, 7) is 0.502. The molecule has 2 N–H and O–H groups in total. The molecule has 0 aliphatic carbocycles. The lowest BCUT2D eigenvalue weighted by atomic mass is 10.2. The average Bonchev–Trinajstić information content (AvgIpc) is 2.84. The minimum atomic E-state index is -4.33. The molecule has 0 atom stereocenters. The normalized spacial score (nSPS) is 11.5. The lowest BCUT2D eigenvalue weighted by Gasteiger charge is -2.07. The fraction of sp³-hybridized carbons (Fsp3) is 0.286. The van der Waals surface area contributed by atoms with Gasteiger partial charge in [0.2, 0.25) is 5.82 Å². The largest absolute Gasteiger partial charge is 0.475 e.